The van der Waals surface area contributed by atoms with Gasteiger partial charge in [-0.15, -0.1) is 11.8 Å². The molecule has 2 aromatic carbocycles. The molecule has 104 valence electrons. The number of ketones is 1. The van der Waals surface area contributed by atoms with Crippen LogP contribution in [0.1, 0.15) is 5.56 Å². The van der Waals surface area contributed by atoms with Crippen molar-refractivity contribution in [2.24, 2.45) is 0 Å². The molecule has 0 fully saturated rings. The van der Waals surface area contributed by atoms with Crippen molar-refractivity contribution < 1.29 is 9.18 Å². The van der Waals surface area contributed by atoms with E-state index in [1.54, 1.807) is 6.07 Å². The van der Waals surface area contributed by atoms with Gasteiger partial charge < -0.3 is 0 Å². The quantitative estimate of drug-likeness (QED) is 0.715. The van der Waals surface area contributed by atoms with Crippen LogP contribution in [0.3, 0.4) is 0 Å². The summed E-state index contributed by atoms with van der Waals surface area (Å²) in [5, 5.41) is 1.03. The highest BCUT2D eigenvalue weighted by Gasteiger charge is 2.10. The average molecular weight is 329 g/mol. The van der Waals surface area contributed by atoms with Crippen molar-refractivity contribution in [1.29, 1.82) is 0 Å². The van der Waals surface area contributed by atoms with E-state index in [1.165, 1.54) is 30.0 Å². The molecule has 0 aliphatic carbocycles. The summed E-state index contributed by atoms with van der Waals surface area (Å²) in [7, 11) is 0. The molecule has 2 rings (SSSR count). The van der Waals surface area contributed by atoms with E-state index in [1.807, 2.05) is 18.2 Å². The zero-order valence-corrected chi connectivity index (χ0v) is 12.7. The Morgan fingerprint density at radius 2 is 1.90 bits per heavy atom. The van der Waals surface area contributed by atoms with E-state index in [0.717, 1.165) is 4.90 Å². The Morgan fingerprint density at radius 1 is 1.15 bits per heavy atom. The molecule has 0 radical (unpaired) electrons. The molecule has 0 spiro atoms. The van der Waals surface area contributed by atoms with Gasteiger partial charge in [-0.2, -0.15) is 0 Å². The molecule has 1 nitrogen and oxygen atoms in total. The van der Waals surface area contributed by atoms with E-state index >= 15 is 0 Å². The third kappa shape index (κ3) is 4.23. The predicted octanol–water partition coefficient (Wildman–Crippen LogP) is 5.04. The van der Waals surface area contributed by atoms with Gasteiger partial charge in [-0.1, -0.05) is 35.3 Å². The molecule has 0 bridgehead atoms. The molecule has 0 unspecified atom stereocenters. The van der Waals surface area contributed by atoms with Crippen LogP contribution in [-0.2, 0) is 11.2 Å². The summed E-state index contributed by atoms with van der Waals surface area (Å²) in [6, 6.07) is 11.5. The highest BCUT2D eigenvalue weighted by Crippen LogP contribution is 2.27. The van der Waals surface area contributed by atoms with Gasteiger partial charge in [0.15, 0.2) is 0 Å². The molecule has 0 atom stereocenters. The number of thioether (sulfide) groups is 1. The highest BCUT2D eigenvalue weighted by atomic mass is 35.5. The summed E-state index contributed by atoms with van der Waals surface area (Å²) >= 11 is 13.1. The number of halogens is 3. The van der Waals surface area contributed by atoms with Crippen molar-refractivity contribution >= 4 is 40.7 Å². The molecule has 0 amide bonds. The van der Waals surface area contributed by atoms with Gasteiger partial charge in [0.1, 0.15) is 11.6 Å². The van der Waals surface area contributed by atoms with Crippen LogP contribution in [0.15, 0.2) is 47.4 Å². The molecule has 20 heavy (non-hydrogen) atoms. The summed E-state index contributed by atoms with van der Waals surface area (Å²) < 4.78 is 13.5. The Labute approximate surface area is 131 Å². The van der Waals surface area contributed by atoms with Crippen molar-refractivity contribution in [3.05, 3.63) is 63.9 Å². The number of rotatable bonds is 5. The van der Waals surface area contributed by atoms with Gasteiger partial charge in [-0.05, 0) is 35.9 Å². The van der Waals surface area contributed by atoms with E-state index in [9.17, 15) is 9.18 Å². The second kappa shape index (κ2) is 7.11. The van der Waals surface area contributed by atoms with Crippen LogP contribution >= 0.6 is 35.0 Å². The molecule has 5 heteroatoms. The van der Waals surface area contributed by atoms with Crippen LogP contribution in [0.5, 0.6) is 0 Å². The number of benzene rings is 2. The fraction of sp³-hybridized carbons (Fsp3) is 0.133. The Bertz CT molecular complexity index is 631. The SMILES string of the molecule is O=C(CSc1ccccc1Cl)Cc1cc(Cl)ccc1F. The number of hydrogen-bond acceptors (Lipinski definition) is 2. The van der Waals surface area contributed by atoms with E-state index in [0.29, 0.717) is 15.6 Å². The number of Topliss-reactive ketones (excluding diaryl/α,β-unsaturated/α-hetero) is 1. The molecular formula is C15H11Cl2FOS. The lowest BCUT2D eigenvalue weighted by Crippen LogP contribution is -2.07. The first kappa shape index (κ1) is 15.4. The zero-order chi connectivity index (χ0) is 14.5. The maximum atomic E-state index is 13.5. The first-order valence-electron chi connectivity index (χ1n) is 5.89. The lowest BCUT2D eigenvalue weighted by atomic mass is 10.1. The van der Waals surface area contributed by atoms with Gasteiger partial charge in [-0.3, -0.25) is 4.79 Å². The van der Waals surface area contributed by atoms with Gasteiger partial charge in [0, 0.05) is 16.3 Å². The third-order valence-electron chi connectivity index (χ3n) is 2.62. The smallest absolute Gasteiger partial charge is 0.147 e. The van der Waals surface area contributed by atoms with E-state index in [4.69, 9.17) is 23.2 Å². The molecule has 0 aliphatic rings. The van der Waals surface area contributed by atoms with Crippen LogP contribution in [0.4, 0.5) is 4.39 Å². The fourth-order valence-electron chi connectivity index (χ4n) is 1.66. The normalized spacial score (nSPS) is 10.6. The number of carbonyl (C=O) groups excluding carboxylic acids is 1. The molecule has 0 saturated carbocycles. The molecule has 0 aromatic heterocycles. The molecule has 0 N–H and O–H groups in total. The lowest BCUT2D eigenvalue weighted by Gasteiger charge is -2.05. The molecule has 0 aliphatic heterocycles. The van der Waals surface area contributed by atoms with Crippen LogP contribution in [-0.4, -0.2) is 11.5 Å². The highest BCUT2D eigenvalue weighted by molar-refractivity contribution is 8.00. The first-order chi connectivity index (χ1) is 9.56. The minimum absolute atomic E-state index is 0.0316. The maximum Gasteiger partial charge on any atom is 0.147 e. The van der Waals surface area contributed by atoms with Crippen LogP contribution in [0, 0.1) is 5.82 Å². The Balaban J connectivity index is 1.96. The van der Waals surface area contributed by atoms with Gasteiger partial charge in [-0.25, -0.2) is 4.39 Å². The Hall–Kier alpha value is -1.03. The van der Waals surface area contributed by atoms with Gasteiger partial charge in [0.2, 0.25) is 0 Å². The van der Waals surface area contributed by atoms with Gasteiger partial charge in [0.25, 0.3) is 0 Å². The van der Waals surface area contributed by atoms with Crippen molar-refractivity contribution in [2.45, 2.75) is 11.3 Å². The van der Waals surface area contributed by atoms with Crippen molar-refractivity contribution in [1.82, 2.24) is 0 Å². The van der Waals surface area contributed by atoms with E-state index in [-0.39, 0.29) is 18.0 Å². The standard InChI is InChI=1S/C15H11Cl2FOS/c16-11-5-6-14(18)10(7-11)8-12(19)9-20-15-4-2-1-3-13(15)17/h1-7H,8-9H2. The summed E-state index contributed by atoms with van der Waals surface area (Å²) in [5.74, 6) is -0.239. The minimum Gasteiger partial charge on any atom is -0.298 e. The van der Waals surface area contributed by atoms with Crippen molar-refractivity contribution in [3.63, 3.8) is 0 Å². The Morgan fingerprint density at radius 3 is 2.65 bits per heavy atom. The summed E-state index contributed by atoms with van der Waals surface area (Å²) in [6.45, 7) is 0. The minimum atomic E-state index is -0.412. The number of carbonyl (C=O) groups is 1. The molecular weight excluding hydrogens is 318 g/mol. The van der Waals surface area contributed by atoms with Crippen LogP contribution in [0.2, 0.25) is 10.0 Å². The van der Waals surface area contributed by atoms with Gasteiger partial charge >= 0.3 is 0 Å². The summed E-state index contributed by atoms with van der Waals surface area (Å²) in [6.07, 6.45) is 0.0316. The third-order valence-corrected chi connectivity index (χ3v) is 4.43. The second-order valence-electron chi connectivity index (χ2n) is 4.17. The fourth-order valence-corrected chi connectivity index (χ4v) is 2.96. The summed E-state index contributed by atoms with van der Waals surface area (Å²) in [4.78, 5) is 12.7. The van der Waals surface area contributed by atoms with Crippen LogP contribution < -0.4 is 0 Å². The average Bonchev–Trinajstić information content (AvgIpc) is 2.42. The Kier molecular flexibility index (Phi) is 5.46. The molecule has 2 aromatic rings. The maximum absolute atomic E-state index is 13.5. The van der Waals surface area contributed by atoms with Crippen molar-refractivity contribution in [2.75, 3.05) is 5.75 Å². The monoisotopic (exact) mass is 328 g/mol. The summed E-state index contributed by atoms with van der Waals surface area (Å²) in [5.41, 5.74) is 0.322. The van der Waals surface area contributed by atoms with E-state index < -0.39 is 5.82 Å². The second-order valence-corrected chi connectivity index (χ2v) is 6.03. The first-order valence-corrected chi connectivity index (χ1v) is 7.63. The lowest BCUT2D eigenvalue weighted by molar-refractivity contribution is -0.116. The number of hydrogen-bond donors (Lipinski definition) is 0. The predicted molar refractivity (Wildman–Crippen MR) is 82.3 cm³/mol. The zero-order valence-electron chi connectivity index (χ0n) is 10.4. The van der Waals surface area contributed by atoms with Crippen molar-refractivity contribution in [3.8, 4) is 0 Å². The topological polar surface area (TPSA) is 17.1 Å². The van der Waals surface area contributed by atoms with Gasteiger partial charge in [0.05, 0.1) is 10.8 Å². The molecule has 0 heterocycles. The molecule has 0 saturated heterocycles. The van der Waals surface area contributed by atoms with Crippen LogP contribution in [0.25, 0.3) is 0 Å². The largest absolute Gasteiger partial charge is 0.298 e. The van der Waals surface area contributed by atoms with E-state index in [2.05, 4.69) is 0 Å².